The Balaban J connectivity index is 0.798. The van der Waals surface area contributed by atoms with Crippen LogP contribution < -0.4 is 10.2 Å². The summed E-state index contributed by atoms with van der Waals surface area (Å²) in [5.41, 5.74) is 4.39. The van der Waals surface area contributed by atoms with Gasteiger partial charge in [0.05, 0.1) is 127 Å². The number of anilines is 1. The van der Waals surface area contributed by atoms with E-state index in [1.807, 2.05) is 72.0 Å². The number of Topliss-reactive ketones (excluding diaryl/α,β-unsaturated/α-hetero) is 1. The number of hydrogen-bond acceptors (Lipinski definition) is 16. The number of aliphatic hydroxyl groups is 2. The van der Waals surface area contributed by atoms with Gasteiger partial charge < -0.3 is 63.3 Å². The van der Waals surface area contributed by atoms with E-state index in [0.717, 1.165) is 66.6 Å². The van der Waals surface area contributed by atoms with Gasteiger partial charge in [-0.15, -0.1) is 5.10 Å². The summed E-state index contributed by atoms with van der Waals surface area (Å²) in [5.74, 6) is -0.0380. The van der Waals surface area contributed by atoms with Crippen molar-refractivity contribution in [2.24, 2.45) is 0 Å². The van der Waals surface area contributed by atoms with Gasteiger partial charge in [0, 0.05) is 69.3 Å². The number of amides is 4. The van der Waals surface area contributed by atoms with Crippen LogP contribution in [0.2, 0.25) is 0 Å². The fourth-order valence-electron chi connectivity index (χ4n) is 10.7. The van der Waals surface area contributed by atoms with E-state index < -0.39 is 31.5 Å². The number of aromatic nitrogens is 3. The molecular formula is C61H94N7O15P. The number of nitrogens with zero attached hydrogens (tertiary/aromatic N) is 6. The smallest absolute Gasteiger partial charge is 0.330 e. The first-order valence-corrected chi connectivity index (χ1v) is 32.2. The van der Waals surface area contributed by atoms with Crippen LogP contribution in [0.4, 0.5) is 5.69 Å². The highest BCUT2D eigenvalue weighted by Gasteiger charge is 2.40. The number of likely N-dealkylation sites (tertiary alicyclic amines) is 2. The molecule has 4 heterocycles. The average Bonchev–Trinajstić information content (AvgIpc) is 3.32. The van der Waals surface area contributed by atoms with Crippen molar-refractivity contribution in [3.05, 3.63) is 54.1 Å². The second kappa shape index (κ2) is 36.2. The molecule has 22 nitrogen and oxygen atoms in total. The molecule has 0 bridgehead atoms. The number of hydrogen-bond donors (Lipinski definition) is 4. The lowest BCUT2D eigenvalue weighted by atomic mass is 9.95. The van der Waals surface area contributed by atoms with E-state index in [9.17, 15) is 43.6 Å². The van der Waals surface area contributed by atoms with E-state index in [4.69, 9.17) is 28.2 Å². The molecule has 0 aliphatic carbocycles. The number of ketones is 1. The Bertz CT molecular complexity index is 2570. The SMILES string of the molecule is CC(C)OC[C@@H]1C[C@@H](O)CN1C(=O)CCCCCNC(=O)CCOCCOCCOCCOCCn1nnc2c1-c1ccccc1CN(C(=O)CCCCC(=O)CCCCCCC(=O)N1C[C@H](OP(=O)(O)C(C)C)C[C@H]1CO)c1ccccc1-2. The second-order valence-electron chi connectivity index (χ2n) is 22.7. The molecule has 23 heteroatoms. The zero-order valence-electron chi connectivity index (χ0n) is 50.1. The van der Waals surface area contributed by atoms with Gasteiger partial charge in [0.1, 0.15) is 11.5 Å². The Morgan fingerprint density at radius 3 is 1.90 bits per heavy atom. The maximum absolute atomic E-state index is 14.1. The molecule has 3 aliphatic rings. The second-order valence-corrected chi connectivity index (χ2v) is 25.0. The molecule has 5 atom stereocenters. The number of benzene rings is 2. The predicted molar refractivity (Wildman–Crippen MR) is 317 cm³/mol. The van der Waals surface area contributed by atoms with Crippen molar-refractivity contribution in [1.82, 2.24) is 30.1 Å². The number of carbonyl (C=O) groups excluding carboxylic acids is 5. The summed E-state index contributed by atoms with van der Waals surface area (Å²) in [7, 11) is -3.80. The number of rotatable bonds is 40. The van der Waals surface area contributed by atoms with Crippen LogP contribution >= 0.6 is 7.60 Å². The summed E-state index contributed by atoms with van der Waals surface area (Å²) in [5, 5.41) is 32.0. The first kappa shape index (κ1) is 68.1. The quantitative estimate of drug-likeness (QED) is 0.0329. The van der Waals surface area contributed by atoms with E-state index >= 15 is 0 Å². The summed E-state index contributed by atoms with van der Waals surface area (Å²) in [4.78, 5) is 80.2. The molecule has 2 aromatic carbocycles. The van der Waals surface area contributed by atoms with Crippen LogP contribution in [-0.2, 0) is 69.8 Å². The number of β-amino-alcohol motifs (C(OH)–C–C–N with tert-alkyl or cyclic N) is 1. The lowest BCUT2D eigenvalue weighted by Crippen LogP contribution is -2.39. The molecule has 6 rings (SSSR count). The Morgan fingerprint density at radius 2 is 1.24 bits per heavy atom. The van der Waals surface area contributed by atoms with E-state index in [1.54, 1.807) is 23.6 Å². The van der Waals surface area contributed by atoms with Gasteiger partial charge in [0.2, 0.25) is 23.6 Å². The summed E-state index contributed by atoms with van der Waals surface area (Å²) >= 11 is 0. The predicted octanol–water partition coefficient (Wildman–Crippen LogP) is 7.02. The molecule has 84 heavy (non-hydrogen) atoms. The zero-order chi connectivity index (χ0) is 60.3. The minimum atomic E-state index is -3.80. The third-order valence-electron chi connectivity index (χ3n) is 15.4. The number of nitrogens with one attached hydrogen (secondary N) is 1. The van der Waals surface area contributed by atoms with Crippen LogP contribution in [0.15, 0.2) is 48.5 Å². The van der Waals surface area contributed by atoms with Gasteiger partial charge in [0.25, 0.3) is 0 Å². The molecule has 4 N–H and O–H groups in total. The van der Waals surface area contributed by atoms with Crippen molar-refractivity contribution in [1.29, 1.82) is 0 Å². The van der Waals surface area contributed by atoms with Gasteiger partial charge in [-0.1, -0.05) is 80.8 Å². The molecule has 1 aromatic heterocycles. The summed E-state index contributed by atoms with van der Waals surface area (Å²) in [6.07, 6.45) is 8.35. The lowest BCUT2D eigenvalue weighted by molar-refractivity contribution is -0.134. The van der Waals surface area contributed by atoms with Gasteiger partial charge in [-0.3, -0.25) is 28.5 Å². The molecular weight excluding hydrogens is 1100 g/mol. The Kier molecular flexibility index (Phi) is 29.4. The number of ether oxygens (including phenoxy) is 5. The Morgan fingerprint density at radius 1 is 0.667 bits per heavy atom. The van der Waals surface area contributed by atoms with Gasteiger partial charge >= 0.3 is 7.60 Å². The van der Waals surface area contributed by atoms with Gasteiger partial charge in [-0.2, -0.15) is 0 Å². The van der Waals surface area contributed by atoms with E-state index in [-0.39, 0.29) is 67.6 Å². The first-order valence-electron chi connectivity index (χ1n) is 30.6. The maximum atomic E-state index is 14.1. The molecule has 0 radical (unpaired) electrons. The number of unbranched alkanes of at least 4 members (excludes halogenated alkanes) is 6. The van der Waals surface area contributed by atoms with Crippen LogP contribution in [0.1, 0.15) is 142 Å². The van der Waals surface area contributed by atoms with Gasteiger partial charge in [-0.05, 0) is 76.8 Å². The van der Waals surface area contributed by atoms with E-state index in [0.29, 0.717) is 149 Å². The molecule has 1 unspecified atom stereocenters. The third kappa shape index (κ3) is 22.1. The van der Waals surface area contributed by atoms with Crippen molar-refractivity contribution in [2.45, 2.75) is 186 Å². The molecule has 3 aromatic rings. The minimum Gasteiger partial charge on any atom is -0.394 e. The lowest BCUT2D eigenvalue weighted by Gasteiger charge is -2.28. The van der Waals surface area contributed by atoms with E-state index in [2.05, 4.69) is 15.6 Å². The summed E-state index contributed by atoms with van der Waals surface area (Å²) < 4.78 is 48.2. The highest BCUT2D eigenvalue weighted by molar-refractivity contribution is 7.53. The topological polar surface area (TPSA) is 271 Å². The Hall–Kier alpha value is -5.00. The van der Waals surface area contributed by atoms with Crippen molar-refractivity contribution in [3.63, 3.8) is 0 Å². The molecule has 2 fully saturated rings. The molecule has 2 saturated heterocycles. The van der Waals surface area contributed by atoms with Crippen LogP contribution in [0.25, 0.3) is 22.5 Å². The number of para-hydroxylation sites is 1. The highest BCUT2D eigenvalue weighted by atomic mass is 31.2. The third-order valence-corrected chi connectivity index (χ3v) is 17.3. The van der Waals surface area contributed by atoms with Crippen LogP contribution in [-0.4, -0.2) is 191 Å². The molecule has 4 amide bonds. The van der Waals surface area contributed by atoms with Gasteiger partial charge in [-0.25, -0.2) is 4.68 Å². The molecule has 3 aliphatic heterocycles. The van der Waals surface area contributed by atoms with Crippen molar-refractivity contribution in [3.8, 4) is 22.5 Å². The Labute approximate surface area is 496 Å². The molecule has 0 saturated carbocycles. The number of carbonyl (C=O) groups is 5. The number of fused-ring (bicyclic) bond motifs is 5. The van der Waals surface area contributed by atoms with Crippen LogP contribution in [0.5, 0.6) is 0 Å². The van der Waals surface area contributed by atoms with Crippen molar-refractivity contribution < 1.29 is 71.9 Å². The van der Waals surface area contributed by atoms with Crippen LogP contribution in [0.3, 0.4) is 0 Å². The summed E-state index contributed by atoms with van der Waals surface area (Å²) in [6, 6.07) is 15.2. The van der Waals surface area contributed by atoms with Crippen molar-refractivity contribution >= 4 is 42.7 Å². The monoisotopic (exact) mass is 1200 g/mol. The van der Waals surface area contributed by atoms with Gasteiger partial charge in [0.15, 0.2) is 0 Å². The van der Waals surface area contributed by atoms with Crippen LogP contribution in [0, 0.1) is 0 Å². The maximum Gasteiger partial charge on any atom is 0.330 e. The zero-order valence-corrected chi connectivity index (χ0v) is 51.0. The largest absolute Gasteiger partial charge is 0.394 e. The summed E-state index contributed by atoms with van der Waals surface area (Å²) in [6.45, 7) is 12.2. The van der Waals surface area contributed by atoms with Crippen molar-refractivity contribution in [2.75, 3.05) is 90.6 Å². The fraction of sp³-hybridized carbons (Fsp3) is 0.689. The minimum absolute atomic E-state index is 0.0397. The first-order chi connectivity index (χ1) is 40.6. The molecule has 0 spiro atoms. The average molecular weight is 1200 g/mol. The highest BCUT2D eigenvalue weighted by Crippen LogP contribution is 2.50. The molecule has 468 valence electrons. The fourth-order valence-corrected chi connectivity index (χ4v) is 11.5. The number of aliphatic hydroxyl groups excluding tert-OH is 2. The standard InChI is InChI=1S/C61H94N7O15P/c1-45(2)82-44-49-38-51(71)41-65(49)57(73)25-10-7-17-28-62-56(72)27-30-78-32-34-80-36-37-81-35-33-79-31-29-68-61-53-21-13-11-18-47(53)40-67(55-23-15-14-22-54(55)60(61)63-64-68)59(75)26-16-12-20-50(70)19-8-5-6-9-24-58(74)66-42-52(39-48(66)43-69)83-84(76,77)46(3)4/h11,13-15,18,21-23,45-46,48-49,51-52,69,71H,5-10,12,16-17,19-20,24-44H2,1-4H3,(H,62,72)(H,76,77)/t48-,49-,51+,52+/m0/s1. The van der Waals surface area contributed by atoms with E-state index in [1.165, 1.54) is 0 Å². The normalized spacial score (nSPS) is 18.4.